The highest BCUT2D eigenvalue weighted by Gasteiger charge is 2.36. The molecule has 3 N–H and O–H groups in total. The Balaban J connectivity index is 0.000000310. The van der Waals surface area contributed by atoms with E-state index in [9.17, 15) is 4.57 Å². The van der Waals surface area contributed by atoms with Gasteiger partial charge in [-0.25, -0.2) is 0 Å². The lowest BCUT2D eigenvalue weighted by Gasteiger charge is -2.20. The van der Waals surface area contributed by atoms with E-state index in [1.54, 1.807) is 0 Å². The largest absolute Gasteiger partial charge is 0.697 e. The molecule has 1 aliphatic rings. The molecule has 0 amide bonds. The fourth-order valence-electron chi connectivity index (χ4n) is 0.534. The van der Waals surface area contributed by atoms with Crippen molar-refractivity contribution in [2.45, 2.75) is 13.8 Å². The van der Waals surface area contributed by atoms with Gasteiger partial charge in [0.25, 0.3) is 0 Å². The summed E-state index contributed by atoms with van der Waals surface area (Å²) >= 11 is 0. The minimum absolute atomic E-state index is 0.0310. The molecule has 0 spiro atoms. The first-order valence-electron chi connectivity index (χ1n) is 3.43. The summed E-state index contributed by atoms with van der Waals surface area (Å²) in [4.78, 5) is 21.7. The van der Waals surface area contributed by atoms with E-state index >= 15 is 0 Å². The van der Waals surface area contributed by atoms with Crippen molar-refractivity contribution in [3.05, 3.63) is 0 Å². The predicted octanol–water partition coefficient (Wildman–Crippen LogP) is 0.907. The number of rotatable bonds is 0. The lowest BCUT2D eigenvalue weighted by atomic mass is 9.97. The first-order chi connectivity index (χ1) is 5.83. The minimum atomic E-state index is -2.62. The molecule has 0 aromatic rings. The molecule has 1 heterocycles. The topological polar surface area (TPSA) is 96.2 Å². The van der Waals surface area contributed by atoms with Crippen LogP contribution in [0.4, 0.5) is 0 Å². The first-order valence-corrected chi connectivity index (χ1v) is 5.73. The maximum absolute atomic E-state index is 10.5. The van der Waals surface area contributed by atoms with Crippen LogP contribution in [0.15, 0.2) is 0 Å². The fourth-order valence-corrected chi connectivity index (χ4v) is 1.52. The van der Waals surface area contributed by atoms with Crippen LogP contribution in [-0.4, -0.2) is 27.9 Å². The van der Waals surface area contributed by atoms with Crippen LogP contribution in [0.5, 0.6) is 0 Å². The van der Waals surface area contributed by atoms with Crippen molar-refractivity contribution in [3.63, 3.8) is 0 Å². The molecule has 0 bridgehead atoms. The van der Waals surface area contributed by atoms with Gasteiger partial charge in [0.2, 0.25) is 0 Å². The molecular weight excluding hydrogens is 218 g/mol. The quantitative estimate of drug-likeness (QED) is 0.536. The van der Waals surface area contributed by atoms with Gasteiger partial charge in [0.1, 0.15) is 13.2 Å². The molecule has 0 aliphatic carbocycles. The van der Waals surface area contributed by atoms with Gasteiger partial charge in [-0.1, -0.05) is 13.8 Å². The zero-order chi connectivity index (χ0) is 10.5. The molecule has 78 valence electrons. The Morgan fingerprint density at radius 3 is 1.77 bits per heavy atom. The highest BCUT2D eigenvalue weighted by Crippen LogP contribution is 2.35. The second-order valence-electron chi connectivity index (χ2n) is 3.20. The summed E-state index contributed by atoms with van der Waals surface area (Å²) in [6.45, 7) is 5.08. The van der Waals surface area contributed by atoms with E-state index in [1.165, 1.54) is 0 Å². The third-order valence-corrected chi connectivity index (χ3v) is 1.80. The molecule has 0 aromatic carbocycles. The van der Waals surface area contributed by atoms with E-state index in [4.69, 9.17) is 23.7 Å². The zero-order valence-electron chi connectivity index (χ0n) is 7.38. The van der Waals surface area contributed by atoms with Gasteiger partial charge in [-0.15, -0.1) is 9.05 Å². The van der Waals surface area contributed by atoms with Gasteiger partial charge in [0.05, 0.1) is 0 Å². The van der Waals surface area contributed by atoms with Gasteiger partial charge in [0, 0.05) is 9.98 Å². The van der Waals surface area contributed by atoms with E-state index in [1.807, 2.05) is 13.8 Å². The molecule has 0 unspecified atom stereocenters. The van der Waals surface area contributed by atoms with Crippen molar-refractivity contribution in [1.82, 2.24) is 0 Å². The third-order valence-electron chi connectivity index (χ3n) is 1.12. The van der Waals surface area contributed by atoms with Crippen LogP contribution in [-0.2, 0) is 13.6 Å². The summed E-state index contributed by atoms with van der Waals surface area (Å²) in [6.07, 6.45) is 0. The first kappa shape index (κ1) is 13.3. The van der Waals surface area contributed by atoms with Crippen molar-refractivity contribution in [2.75, 3.05) is 13.2 Å². The van der Waals surface area contributed by atoms with Gasteiger partial charge in [-0.3, -0.25) is 0 Å². The smallest absolute Gasteiger partial charge is 0.328 e. The maximum atomic E-state index is 10.5. The van der Waals surface area contributed by atoms with Crippen LogP contribution in [0, 0.1) is 5.41 Å². The Labute approximate surface area is 78.4 Å². The van der Waals surface area contributed by atoms with E-state index in [-0.39, 0.29) is 5.41 Å². The summed E-state index contributed by atoms with van der Waals surface area (Å²) in [6, 6.07) is 0. The van der Waals surface area contributed by atoms with Gasteiger partial charge >= 0.3 is 16.9 Å². The van der Waals surface area contributed by atoms with Crippen molar-refractivity contribution in [1.29, 1.82) is 0 Å². The Hall–Kier alpha value is 0.330. The molecule has 0 saturated carbocycles. The fraction of sp³-hybridized carbons (Fsp3) is 1.00. The third kappa shape index (κ3) is 8.65. The molecular formula is C5H13O6P2+. The summed E-state index contributed by atoms with van der Waals surface area (Å²) in [5.74, 6) is 0. The average Bonchev–Trinajstić information content (AvgIpc) is 1.95. The normalized spacial score (nSPS) is 20.9. The summed E-state index contributed by atoms with van der Waals surface area (Å²) in [5.41, 5.74) is 0.0310. The Morgan fingerprint density at radius 1 is 1.23 bits per heavy atom. The highest BCUT2D eigenvalue weighted by molar-refractivity contribution is 7.38. The van der Waals surface area contributed by atoms with Crippen LogP contribution in [0.1, 0.15) is 13.8 Å². The molecule has 1 rings (SSSR count). The lowest BCUT2D eigenvalue weighted by Crippen LogP contribution is -2.26. The average molecular weight is 231 g/mol. The number of hydrogen-bond donors (Lipinski definition) is 3. The molecule has 0 aromatic heterocycles. The lowest BCUT2D eigenvalue weighted by molar-refractivity contribution is 0.0537. The SMILES string of the molecule is CC1(C)CO[P+](=O)OC1.OP(O)O. The zero-order valence-corrected chi connectivity index (χ0v) is 9.16. The van der Waals surface area contributed by atoms with Crippen molar-refractivity contribution in [3.8, 4) is 0 Å². The van der Waals surface area contributed by atoms with Crippen LogP contribution >= 0.6 is 16.9 Å². The van der Waals surface area contributed by atoms with Crippen molar-refractivity contribution in [2.24, 2.45) is 5.41 Å². The molecule has 13 heavy (non-hydrogen) atoms. The molecule has 1 aliphatic heterocycles. The second kappa shape index (κ2) is 5.94. The minimum Gasteiger partial charge on any atom is -0.328 e. The molecule has 0 radical (unpaired) electrons. The Morgan fingerprint density at radius 2 is 1.54 bits per heavy atom. The van der Waals surface area contributed by atoms with Gasteiger partial charge in [-0.05, 0) is 0 Å². The second-order valence-corrected chi connectivity index (χ2v) is 4.70. The summed E-state index contributed by atoms with van der Waals surface area (Å²) < 4.78 is 20.0. The predicted molar refractivity (Wildman–Crippen MR) is 46.9 cm³/mol. The molecule has 1 fully saturated rings. The van der Waals surface area contributed by atoms with Crippen molar-refractivity contribution < 1.29 is 28.3 Å². The van der Waals surface area contributed by atoms with Gasteiger partial charge in [0.15, 0.2) is 0 Å². The van der Waals surface area contributed by atoms with E-state index in [2.05, 4.69) is 0 Å². The van der Waals surface area contributed by atoms with Crippen LogP contribution in [0.3, 0.4) is 0 Å². The van der Waals surface area contributed by atoms with Crippen LogP contribution in [0.25, 0.3) is 0 Å². The standard InChI is InChI=1S/C5H10O3P.H3O3P/c1-5(2)3-7-9(6)8-4-5;1-4(2)3/h3-4H2,1-2H3;1-3H/q+1;. The Bertz CT molecular complexity index is 156. The van der Waals surface area contributed by atoms with Gasteiger partial charge in [-0.2, -0.15) is 0 Å². The highest BCUT2D eigenvalue weighted by atomic mass is 31.2. The van der Waals surface area contributed by atoms with E-state index < -0.39 is 16.9 Å². The van der Waals surface area contributed by atoms with Gasteiger partial charge < -0.3 is 14.7 Å². The molecule has 1 saturated heterocycles. The summed E-state index contributed by atoms with van der Waals surface area (Å²) in [5, 5.41) is 0. The van der Waals surface area contributed by atoms with E-state index in [0.717, 1.165) is 0 Å². The van der Waals surface area contributed by atoms with Crippen LogP contribution in [0.2, 0.25) is 0 Å². The monoisotopic (exact) mass is 231 g/mol. The van der Waals surface area contributed by atoms with E-state index in [0.29, 0.717) is 13.2 Å². The summed E-state index contributed by atoms with van der Waals surface area (Å²) in [7, 11) is -4.42. The molecule has 6 nitrogen and oxygen atoms in total. The Kier molecular flexibility index (Phi) is 6.09. The molecule has 0 atom stereocenters. The molecule has 8 heteroatoms. The number of hydrogen-bond acceptors (Lipinski definition) is 6. The van der Waals surface area contributed by atoms with Crippen LogP contribution < -0.4 is 0 Å². The maximum Gasteiger partial charge on any atom is 0.697 e. The van der Waals surface area contributed by atoms with Crippen molar-refractivity contribution >= 4 is 16.9 Å².